The van der Waals surface area contributed by atoms with Crippen molar-refractivity contribution in [3.05, 3.63) is 0 Å². The summed E-state index contributed by atoms with van der Waals surface area (Å²) in [6.07, 6.45) is -3.29. The molecule has 0 bridgehead atoms. The first-order chi connectivity index (χ1) is 6.99. The van der Waals surface area contributed by atoms with Gasteiger partial charge in [-0.25, -0.2) is 0 Å². The van der Waals surface area contributed by atoms with E-state index in [2.05, 4.69) is 10.6 Å². The Hall–Kier alpha value is -0.780. The summed E-state index contributed by atoms with van der Waals surface area (Å²) in [5.74, 6) is -0.103. The predicted molar refractivity (Wildman–Crippen MR) is 49.3 cm³/mol. The molecule has 2 N–H and O–H groups in total. The molecule has 1 heterocycles. The van der Waals surface area contributed by atoms with Crippen LogP contribution in [0.25, 0.3) is 0 Å². The Morgan fingerprint density at radius 1 is 1.47 bits per heavy atom. The third kappa shape index (κ3) is 5.01. The van der Waals surface area contributed by atoms with Crippen LogP contribution in [-0.4, -0.2) is 31.2 Å². The van der Waals surface area contributed by atoms with Crippen molar-refractivity contribution < 1.29 is 18.0 Å². The third-order valence-electron chi connectivity index (χ3n) is 2.31. The molecule has 1 aliphatic heterocycles. The van der Waals surface area contributed by atoms with Crippen LogP contribution < -0.4 is 10.6 Å². The molecule has 6 heteroatoms. The molecule has 1 aliphatic rings. The number of halogens is 3. The van der Waals surface area contributed by atoms with Gasteiger partial charge in [0.15, 0.2) is 0 Å². The Morgan fingerprint density at radius 2 is 2.20 bits per heavy atom. The van der Waals surface area contributed by atoms with Gasteiger partial charge in [-0.15, -0.1) is 0 Å². The minimum Gasteiger partial charge on any atom is -0.355 e. The van der Waals surface area contributed by atoms with Gasteiger partial charge in [-0.05, 0) is 25.8 Å². The van der Waals surface area contributed by atoms with Gasteiger partial charge in [0.25, 0.3) is 0 Å². The number of alkyl halides is 3. The fourth-order valence-corrected chi connectivity index (χ4v) is 1.53. The highest BCUT2D eigenvalue weighted by atomic mass is 19.4. The normalized spacial score (nSPS) is 22.6. The van der Waals surface area contributed by atoms with Crippen LogP contribution in [0.1, 0.15) is 25.7 Å². The zero-order valence-electron chi connectivity index (χ0n) is 8.36. The predicted octanol–water partition coefficient (Wildman–Crippen LogP) is 1.20. The molecule has 0 radical (unpaired) electrons. The molecular formula is C9H15F3N2O. The van der Waals surface area contributed by atoms with E-state index < -0.39 is 12.6 Å². The molecule has 0 aromatic carbocycles. The van der Waals surface area contributed by atoms with Gasteiger partial charge in [0.1, 0.15) is 0 Å². The summed E-state index contributed by atoms with van der Waals surface area (Å²) < 4.78 is 35.4. The number of carbonyl (C=O) groups is 1. The average Bonchev–Trinajstić information content (AvgIpc) is 2.13. The SMILES string of the molecule is O=C1NCCCC1NCCCC(F)(F)F. The van der Waals surface area contributed by atoms with Crippen LogP contribution in [0.15, 0.2) is 0 Å². The first-order valence-corrected chi connectivity index (χ1v) is 5.07. The topological polar surface area (TPSA) is 41.1 Å². The van der Waals surface area contributed by atoms with Gasteiger partial charge in [-0.3, -0.25) is 4.79 Å². The minimum absolute atomic E-state index is 0.0211. The molecule has 1 atom stereocenters. The number of piperidine rings is 1. The van der Waals surface area contributed by atoms with Gasteiger partial charge in [0.2, 0.25) is 5.91 Å². The molecule has 0 spiro atoms. The van der Waals surface area contributed by atoms with Gasteiger partial charge < -0.3 is 10.6 Å². The molecule has 1 fully saturated rings. The van der Waals surface area contributed by atoms with Gasteiger partial charge in [0.05, 0.1) is 6.04 Å². The number of amides is 1. The van der Waals surface area contributed by atoms with Crippen molar-refractivity contribution >= 4 is 5.91 Å². The zero-order chi connectivity index (χ0) is 11.3. The summed E-state index contributed by atoms with van der Waals surface area (Å²) in [6, 6.07) is -0.313. The molecule has 0 aliphatic carbocycles. The summed E-state index contributed by atoms with van der Waals surface area (Å²) in [5.41, 5.74) is 0. The highest BCUT2D eigenvalue weighted by Gasteiger charge is 2.26. The second-order valence-electron chi connectivity index (χ2n) is 3.66. The summed E-state index contributed by atoms with van der Waals surface area (Å²) in [5, 5.41) is 5.50. The van der Waals surface area contributed by atoms with Crippen LogP contribution in [0.5, 0.6) is 0 Å². The number of rotatable bonds is 4. The van der Waals surface area contributed by atoms with Crippen LogP contribution >= 0.6 is 0 Å². The maximum Gasteiger partial charge on any atom is 0.389 e. The molecule has 1 saturated heterocycles. The van der Waals surface area contributed by atoms with E-state index in [-0.39, 0.29) is 24.9 Å². The maximum absolute atomic E-state index is 11.8. The van der Waals surface area contributed by atoms with Crippen LogP contribution in [-0.2, 0) is 4.79 Å². The lowest BCUT2D eigenvalue weighted by atomic mass is 10.1. The highest BCUT2D eigenvalue weighted by molar-refractivity contribution is 5.82. The van der Waals surface area contributed by atoms with Crippen LogP contribution in [0.4, 0.5) is 13.2 Å². The Balaban J connectivity index is 2.11. The molecule has 1 amide bonds. The first-order valence-electron chi connectivity index (χ1n) is 5.07. The van der Waals surface area contributed by atoms with E-state index >= 15 is 0 Å². The van der Waals surface area contributed by atoms with Crippen molar-refractivity contribution in [3.8, 4) is 0 Å². The van der Waals surface area contributed by atoms with Gasteiger partial charge in [-0.1, -0.05) is 0 Å². The van der Waals surface area contributed by atoms with Gasteiger partial charge in [0, 0.05) is 13.0 Å². The molecule has 0 aromatic heterocycles. The van der Waals surface area contributed by atoms with Crippen LogP contribution in [0.2, 0.25) is 0 Å². The lowest BCUT2D eigenvalue weighted by Crippen LogP contribution is -2.48. The second kappa shape index (κ2) is 5.34. The summed E-state index contributed by atoms with van der Waals surface area (Å²) in [4.78, 5) is 11.2. The summed E-state index contributed by atoms with van der Waals surface area (Å²) >= 11 is 0. The quantitative estimate of drug-likeness (QED) is 0.704. The molecule has 1 unspecified atom stereocenters. The summed E-state index contributed by atoms with van der Waals surface area (Å²) in [7, 11) is 0. The highest BCUT2D eigenvalue weighted by Crippen LogP contribution is 2.20. The van der Waals surface area contributed by atoms with E-state index in [1.807, 2.05) is 0 Å². The molecule has 88 valence electrons. The second-order valence-corrected chi connectivity index (χ2v) is 3.66. The van der Waals surface area contributed by atoms with E-state index in [0.29, 0.717) is 13.0 Å². The Labute approximate surface area is 86.4 Å². The van der Waals surface area contributed by atoms with Crippen molar-refractivity contribution in [1.82, 2.24) is 10.6 Å². The molecule has 3 nitrogen and oxygen atoms in total. The van der Waals surface area contributed by atoms with Crippen molar-refractivity contribution in [2.45, 2.75) is 37.9 Å². The van der Waals surface area contributed by atoms with E-state index in [4.69, 9.17) is 0 Å². The van der Waals surface area contributed by atoms with E-state index in [1.54, 1.807) is 0 Å². The summed E-state index contributed by atoms with van der Waals surface area (Å²) in [6.45, 7) is 0.900. The van der Waals surface area contributed by atoms with Crippen molar-refractivity contribution in [3.63, 3.8) is 0 Å². The molecule has 0 saturated carbocycles. The standard InChI is InChI=1S/C9H15F3N2O/c10-9(11,12)4-2-6-13-7-3-1-5-14-8(7)15/h7,13H,1-6H2,(H,14,15). The number of carbonyl (C=O) groups excluding carboxylic acids is 1. The minimum atomic E-state index is -4.10. The fraction of sp³-hybridized carbons (Fsp3) is 0.889. The Morgan fingerprint density at radius 3 is 2.80 bits per heavy atom. The lowest BCUT2D eigenvalue weighted by Gasteiger charge is -2.22. The third-order valence-corrected chi connectivity index (χ3v) is 2.31. The van der Waals surface area contributed by atoms with Crippen molar-refractivity contribution in [2.24, 2.45) is 0 Å². The molecule has 1 rings (SSSR count). The lowest BCUT2D eigenvalue weighted by molar-refractivity contribution is -0.135. The van der Waals surface area contributed by atoms with Gasteiger partial charge >= 0.3 is 6.18 Å². The fourth-order valence-electron chi connectivity index (χ4n) is 1.53. The van der Waals surface area contributed by atoms with Crippen molar-refractivity contribution in [2.75, 3.05) is 13.1 Å². The molecule has 15 heavy (non-hydrogen) atoms. The number of nitrogens with one attached hydrogen (secondary N) is 2. The molecule has 0 aromatic rings. The molecular weight excluding hydrogens is 209 g/mol. The van der Waals surface area contributed by atoms with Crippen LogP contribution in [0.3, 0.4) is 0 Å². The number of hydrogen-bond donors (Lipinski definition) is 2. The zero-order valence-corrected chi connectivity index (χ0v) is 8.36. The van der Waals surface area contributed by atoms with Crippen LogP contribution in [0, 0.1) is 0 Å². The Kier molecular flexibility index (Phi) is 4.38. The maximum atomic E-state index is 11.8. The average molecular weight is 224 g/mol. The smallest absolute Gasteiger partial charge is 0.355 e. The van der Waals surface area contributed by atoms with Crippen molar-refractivity contribution in [1.29, 1.82) is 0 Å². The monoisotopic (exact) mass is 224 g/mol. The van der Waals surface area contributed by atoms with E-state index in [9.17, 15) is 18.0 Å². The van der Waals surface area contributed by atoms with E-state index in [1.165, 1.54) is 0 Å². The largest absolute Gasteiger partial charge is 0.389 e. The van der Waals surface area contributed by atoms with Gasteiger partial charge in [-0.2, -0.15) is 13.2 Å². The van der Waals surface area contributed by atoms with E-state index in [0.717, 1.165) is 6.42 Å². The Bertz CT molecular complexity index is 218. The first kappa shape index (κ1) is 12.3. The number of hydrogen-bond acceptors (Lipinski definition) is 2.